The van der Waals surface area contributed by atoms with E-state index in [0.29, 0.717) is 6.54 Å². The van der Waals surface area contributed by atoms with Crippen LogP contribution in [0.15, 0.2) is 47.4 Å². The van der Waals surface area contributed by atoms with Gasteiger partial charge in [-0.05, 0) is 44.5 Å². The van der Waals surface area contributed by atoms with Crippen LogP contribution in [-0.4, -0.2) is 20.4 Å². The molecule has 2 N–H and O–H groups in total. The number of hydrogen-bond donors (Lipinski definition) is 2. The van der Waals surface area contributed by atoms with Gasteiger partial charge in [-0.2, -0.15) is 0 Å². The van der Waals surface area contributed by atoms with Gasteiger partial charge in [0.05, 0.1) is 15.5 Å². The maximum Gasteiger partial charge on any atom is 0.253 e. The maximum absolute atomic E-state index is 12.4. The molecular weight excluding hydrogens is 360 g/mol. The highest BCUT2D eigenvalue weighted by molar-refractivity contribution is 7.89. The molecule has 0 unspecified atom stereocenters. The lowest BCUT2D eigenvalue weighted by Gasteiger charge is -2.12. The molecule has 0 spiro atoms. The van der Waals surface area contributed by atoms with Crippen LogP contribution in [0.2, 0.25) is 5.02 Å². The van der Waals surface area contributed by atoms with Crippen LogP contribution < -0.4 is 10.0 Å². The zero-order chi connectivity index (χ0) is 18.6. The van der Waals surface area contributed by atoms with E-state index < -0.39 is 15.9 Å². The summed E-state index contributed by atoms with van der Waals surface area (Å²) in [6.07, 6.45) is 0. The third-order valence-electron chi connectivity index (χ3n) is 3.46. The molecule has 0 saturated carbocycles. The predicted octanol–water partition coefficient (Wildman–Crippen LogP) is 3.27. The summed E-state index contributed by atoms with van der Waals surface area (Å²) < 4.78 is 27.0. The molecule has 2 aromatic carbocycles. The third-order valence-corrected chi connectivity index (χ3v) is 5.44. The summed E-state index contributed by atoms with van der Waals surface area (Å²) in [5, 5.41) is 2.96. The van der Waals surface area contributed by atoms with E-state index >= 15 is 0 Å². The highest BCUT2D eigenvalue weighted by Crippen LogP contribution is 2.21. The Kier molecular flexibility index (Phi) is 6.21. The molecule has 1 amide bonds. The van der Waals surface area contributed by atoms with E-state index in [4.69, 9.17) is 11.6 Å². The second kappa shape index (κ2) is 7.99. The SMILES string of the molecule is Cc1ccc(CNC(=O)c2cc(S(=O)(=O)NC(C)C)ccc2Cl)cc1. The lowest BCUT2D eigenvalue weighted by molar-refractivity contribution is 0.0951. The Morgan fingerprint density at radius 3 is 2.36 bits per heavy atom. The number of nitrogens with one attached hydrogen (secondary N) is 2. The number of sulfonamides is 1. The molecule has 2 rings (SSSR count). The smallest absolute Gasteiger partial charge is 0.253 e. The lowest BCUT2D eigenvalue weighted by atomic mass is 10.1. The molecule has 0 bridgehead atoms. The molecule has 0 aliphatic rings. The van der Waals surface area contributed by atoms with E-state index in [1.54, 1.807) is 13.8 Å². The molecule has 25 heavy (non-hydrogen) atoms. The van der Waals surface area contributed by atoms with Gasteiger partial charge in [0.2, 0.25) is 10.0 Å². The summed E-state index contributed by atoms with van der Waals surface area (Å²) in [5.74, 6) is -0.424. The average molecular weight is 381 g/mol. The van der Waals surface area contributed by atoms with E-state index in [1.807, 2.05) is 31.2 Å². The van der Waals surface area contributed by atoms with Crippen molar-refractivity contribution in [1.29, 1.82) is 0 Å². The van der Waals surface area contributed by atoms with Crippen molar-refractivity contribution < 1.29 is 13.2 Å². The molecular formula is C18H21ClN2O3S. The Morgan fingerprint density at radius 2 is 1.76 bits per heavy atom. The van der Waals surface area contributed by atoms with Crippen LogP contribution in [-0.2, 0) is 16.6 Å². The van der Waals surface area contributed by atoms with Crippen molar-refractivity contribution in [3.8, 4) is 0 Å². The van der Waals surface area contributed by atoms with Gasteiger partial charge in [0.1, 0.15) is 0 Å². The van der Waals surface area contributed by atoms with Crippen LogP contribution in [0.25, 0.3) is 0 Å². The highest BCUT2D eigenvalue weighted by Gasteiger charge is 2.19. The molecule has 0 saturated heterocycles. The van der Waals surface area contributed by atoms with E-state index in [-0.39, 0.29) is 21.5 Å². The average Bonchev–Trinajstić information content (AvgIpc) is 2.53. The maximum atomic E-state index is 12.4. The highest BCUT2D eigenvalue weighted by atomic mass is 35.5. The van der Waals surface area contributed by atoms with Gasteiger partial charge in [0, 0.05) is 12.6 Å². The third kappa shape index (κ3) is 5.29. The molecule has 7 heteroatoms. The fraction of sp³-hybridized carbons (Fsp3) is 0.278. The number of carbonyl (C=O) groups is 1. The first kappa shape index (κ1) is 19.4. The van der Waals surface area contributed by atoms with Crippen molar-refractivity contribution in [2.24, 2.45) is 0 Å². The Labute approximate surface area is 153 Å². The number of hydrogen-bond acceptors (Lipinski definition) is 3. The van der Waals surface area contributed by atoms with Gasteiger partial charge in [-0.1, -0.05) is 41.4 Å². The lowest BCUT2D eigenvalue weighted by Crippen LogP contribution is -2.30. The van der Waals surface area contributed by atoms with Crippen LogP contribution in [0.5, 0.6) is 0 Å². The number of amides is 1. The van der Waals surface area contributed by atoms with Gasteiger partial charge in [-0.3, -0.25) is 4.79 Å². The first-order chi connectivity index (χ1) is 11.7. The van der Waals surface area contributed by atoms with Gasteiger partial charge in [0.25, 0.3) is 5.91 Å². The quantitative estimate of drug-likeness (QED) is 0.807. The fourth-order valence-corrected chi connectivity index (χ4v) is 3.69. The van der Waals surface area contributed by atoms with E-state index in [1.165, 1.54) is 18.2 Å². The molecule has 0 aliphatic carbocycles. The van der Waals surface area contributed by atoms with Gasteiger partial charge in [-0.15, -0.1) is 0 Å². The van der Waals surface area contributed by atoms with Crippen molar-refractivity contribution in [3.05, 3.63) is 64.2 Å². The standard InChI is InChI=1S/C18H21ClN2O3S/c1-12(2)21-25(23,24)15-8-9-17(19)16(10-15)18(22)20-11-14-6-4-13(3)5-7-14/h4-10,12,21H,11H2,1-3H3,(H,20,22). The van der Waals surface area contributed by atoms with Crippen LogP contribution in [0, 0.1) is 6.92 Å². The number of halogens is 1. The Balaban J connectivity index is 2.19. The van der Waals surface area contributed by atoms with Gasteiger partial charge in [0.15, 0.2) is 0 Å². The second-order valence-electron chi connectivity index (χ2n) is 6.09. The van der Waals surface area contributed by atoms with Crippen molar-refractivity contribution >= 4 is 27.5 Å². The van der Waals surface area contributed by atoms with Crippen LogP contribution >= 0.6 is 11.6 Å². The predicted molar refractivity (Wildman–Crippen MR) is 99.3 cm³/mol. The summed E-state index contributed by atoms with van der Waals surface area (Å²) >= 11 is 6.07. The second-order valence-corrected chi connectivity index (χ2v) is 8.21. The van der Waals surface area contributed by atoms with Crippen molar-refractivity contribution in [1.82, 2.24) is 10.0 Å². The summed E-state index contributed by atoms with van der Waals surface area (Å²) in [6, 6.07) is 11.6. The Bertz CT molecular complexity index is 862. The fourth-order valence-electron chi connectivity index (χ4n) is 2.21. The normalized spacial score (nSPS) is 11.6. The number of aryl methyl sites for hydroxylation is 1. The van der Waals surface area contributed by atoms with Gasteiger partial charge < -0.3 is 5.32 Å². The largest absolute Gasteiger partial charge is 0.348 e. The molecule has 0 aliphatic heterocycles. The molecule has 0 fully saturated rings. The van der Waals surface area contributed by atoms with Gasteiger partial charge in [-0.25, -0.2) is 13.1 Å². The summed E-state index contributed by atoms with van der Waals surface area (Å²) in [6.45, 7) is 5.77. The topological polar surface area (TPSA) is 75.3 Å². The minimum absolute atomic E-state index is 0.00564. The van der Waals surface area contributed by atoms with Crippen molar-refractivity contribution in [2.75, 3.05) is 0 Å². The number of carbonyl (C=O) groups excluding carboxylic acids is 1. The van der Waals surface area contributed by atoms with E-state index in [0.717, 1.165) is 11.1 Å². The Hall–Kier alpha value is -1.89. The van der Waals surface area contributed by atoms with E-state index in [2.05, 4.69) is 10.0 Å². The molecule has 0 atom stereocenters. The zero-order valence-electron chi connectivity index (χ0n) is 14.3. The zero-order valence-corrected chi connectivity index (χ0v) is 15.9. The summed E-state index contributed by atoms with van der Waals surface area (Å²) in [5.41, 5.74) is 2.20. The monoisotopic (exact) mass is 380 g/mol. The Morgan fingerprint density at radius 1 is 1.12 bits per heavy atom. The summed E-state index contributed by atoms with van der Waals surface area (Å²) in [7, 11) is -3.69. The first-order valence-electron chi connectivity index (χ1n) is 7.84. The first-order valence-corrected chi connectivity index (χ1v) is 9.71. The van der Waals surface area contributed by atoms with Crippen LogP contribution in [0.3, 0.4) is 0 Å². The minimum atomic E-state index is -3.69. The molecule has 0 aromatic heterocycles. The van der Waals surface area contributed by atoms with Crippen LogP contribution in [0.4, 0.5) is 0 Å². The molecule has 134 valence electrons. The molecule has 0 heterocycles. The number of benzene rings is 2. The van der Waals surface area contributed by atoms with Crippen molar-refractivity contribution in [3.63, 3.8) is 0 Å². The van der Waals surface area contributed by atoms with Crippen LogP contribution in [0.1, 0.15) is 35.3 Å². The summed E-state index contributed by atoms with van der Waals surface area (Å²) in [4.78, 5) is 12.4. The molecule has 0 radical (unpaired) electrons. The van der Waals surface area contributed by atoms with Gasteiger partial charge >= 0.3 is 0 Å². The van der Waals surface area contributed by atoms with E-state index in [9.17, 15) is 13.2 Å². The van der Waals surface area contributed by atoms with Crippen molar-refractivity contribution in [2.45, 2.75) is 38.3 Å². The molecule has 5 nitrogen and oxygen atoms in total. The number of rotatable bonds is 6. The minimum Gasteiger partial charge on any atom is -0.348 e. The molecule has 2 aromatic rings.